The fraction of sp³-hybridized carbons (Fsp3) is 0.133. The molecule has 6 heteroatoms. The minimum atomic E-state index is -0.657. The van der Waals surface area contributed by atoms with Crippen molar-refractivity contribution in [3.8, 4) is 0 Å². The van der Waals surface area contributed by atoms with E-state index in [9.17, 15) is 13.6 Å². The Hall–Kier alpha value is -1.92. The molecule has 0 aromatic heterocycles. The SMILES string of the molecule is CN1C(=O)C(N)c2ccc(Sc3cc(F)ccc3F)cc21. The maximum atomic E-state index is 13.7. The smallest absolute Gasteiger partial charge is 0.248 e. The number of benzene rings is 2. The van der Waals surface area contributed by atoms with Crippen molar-refractivity contribution in [1.82, 2.24) is 0 Å². The van der Waals surface area contributed by atoms with Gasteiger partial charge in [0.2, 0.25) is 5.91 Å². The number of likely N-dealkylation sites (N-methyl/N-ethyl adjacent to an activating group) is 1. The van der Waals surface area contributed by atoms with E-state index in [1.807, 2.05) is 0 Å². The van der Waals surface area contributed by atoms with Gasteiger partial charge in [-0.05, 0) is 30.3 Å². The summed E-state index contributed by atoms with van der Waals surface area (Å²) in [5, 5.41) is 0. The van der Waals surface area contributed by atoms with Gasteiger partial charge >= 0.3 is 0 Å². The quantitative estimate of drug-likeness (QED) is 0.927. The first kappa shape index (κ1) is 14.0. The molecule has 1 atom stereocenters. The first-order valence-corrected chi connectivity index (χ1v) is 7.09. The Bertz CT molecular complexity index is 736. The lowest BCUT2D eigenvalue weighted by atomic mass is 10.1. The van der Waals surface area contributed by atoms with Crippen LogP contribution in [0.15, 0.2) is 46.2 Å². The van der Waals surface area contributed by atoms with Gasteiger partial charge in [-0.25, -0.2) is 8.78 Å². The zero-order chi connectivity index (χ0) is 15.1. The molecule has 0 saturated heterocycles. The third-order valence-corrected chi connectivity index (χ3v) is 4.44. The number of hydrogen-bond acceptors (Lipinski definition) is 3. The lowest BCUT2D eigenvalue weighted by Gasteiger charge is -2.11. The second-order valence-corrected chi connectivity index (χ2v) is 5.89. The fourth-order valence-electron chi connectivity index (χ4n) is 2.28. The summed E-state index contributed by atoms with van der Waals surface area (Å²) in [7, 11) is 1.64. The largest absolute Gasteiger partial charge is 0.316 e. The van der Waals surface area contributed by atoms with Gasteiger partial charge in [-0.15, -0.1) is 0 Å². The van der Waals surface area contributed by atoms with E-state index in [-0.39, 0.29) is 10.8 Å². The summed E-state index contributed by atoms with van der Waals surface area (Å²) < 4.78 is 26.8. The number of hydrogen-bond donors (Lipinski definition) is 1. The highest BCUT2D eigenvalue weighted by atomic mass is 32.2. The molecule has 1 heterocycles. The first-order chi connectivity index (χ1) is 9.97. The minimum absolute atomic E-state index is 0.177. The second-order valence-electron chi connectivity index (χ2n) is 4.77. The Morgan fingerprint density at radius 3 is 2.71 bits per heavy atom. The third kappa shape index (κ3) is 2.41. The normalized spacial score (nSPS) is 17.2. The predicted octanol–water partition coefficient (Wildman–Crippen LogP) is 3.09. The van der Waals surface area contributed by atoms with Crippen molar-refractivity contribution in [2.75, 3.05) is 11.9 Å². The van der Waals surface area contributed by atoms with Gasteiger partial charge in [0.25, 0.3) is 0 Å². The molecule has 0 aliphatic carbocycles. The molecule has 2 N–H and O–H groups in total. The summed E-state index contributed by atoms with van der Waals surface area (Å²) in [4.78, 5) is 14.2. The molecule has 0 saturated carbocycles. The first-order valence-electron chi connectivity index (χ1n) is 6.27. The van der Waals surface area contributed by atoms with E-state index in [0.717, 1.165) is 35.5 Å². The van der Waals surface area contributed by atoms with Crippen molar-refractivity contribution in [1.29, 1.82) is 0 Å². The van der Waals surface area contributed by atoms with E-state index >= 15 is 0 Å². The number of amides is 1. The van der Waals surface area contributed by atoms with Gasteiger partial charge in [-0.3, -0.25) is 4.79 Å². The van der Waals surface area contributed by atoms with E-state index in [0.29, 0.717) is 10.6 Å². The standard InChI is InChI=1S/C15H12F2N2OS/c1-19-12-7-9(3-4-10(12)14(18)15(19)20)21-13-6-8(16)2-5-11(13)17/h2-7,14H,18H2,1H3. The van der Waals surface area contributed by atoms with E-state index in [1.54, 1.807) is 25.2 Å². The number of nitrogens with zero attached hydrogens (tertiary/aromatic N) is 1. The monoisotopic (exact) mass is 306 g/mol. The minimum Gasteiger partial charge on any atom is -0.316 e. The van der Waals surface area contributed by atoms with E-state index in [1.165, 1.54) is 4.90 Å². The number of fused-ring (bicyclic) bond motifs is 1. The highest BCUT2D eigenvalue weighted by Crippen LogP contribution is 2.38. The number of anilines is 1. The maximum absolute atomic E-state index is 13.7. The highest BCUT2D eigenvalue weighted by molar-refractivity contribution is 7.99. The Kier molecular flexibility index (Phi) is 3.43. The van der Waals surface area contributed by atoms with Crippen LogP contribution in [0.25, 0.3) is 0 Å². The van der Waals surface area contributed by atoms with E-state index < -0.39 is 17.7 Å². The fourth-order valence-corrected chi connectivity index (χ4v) is 3.18. The zero-order valence-electron chi connectivity index (χ0n) is 11.1. The van der Waals surface area contributed by atoms with Gasteiger partial charge in [0.15, 0.2) is 0 Å². The molecule has 2 aromatic rings. The number of rotatable bonds is 2. The molecule has 0 radical (unpaired) electrons. The predicted molar refractivity (Wildman–Crippen MR) is 77.3 cm³/mol. The van der Waals surface area contributed by atoms with Crippen LogP contribution in [0.3, 0.4) is 0 Å². The molecule has 21 heavy (non-hydrogen) atoms. The van der Waals surface area contributed by atoms with Gasteiger partial charge < -0.3 is 10.6 Å². The zero-order valence-corrected chi connectivity index (χ0v) is 12.0. The summed E-state index contributed by atoms with van der Waals surface area (Å²) in [6.07, 6.45) is 0. The van der Waals surface area contributed by atoms with Crippen LogP contribution in [0, 0.1) is 11.6 Å². The second kappa shape index (κ2) is 5.13. The summed E-state index contributed by atoms with van der Waals surface area (Å²) in [6.45, 7) is 0. The van der Waals surface area contributed by atoms with Crippen molar-refractivity contribution >= 4 is 23.4 Å². The van der Waals surface area contributed by atoms with Crippen LogP contribution in [-0.4, -0.2) is 13.0 Å². The summed E-state index contributed by atoms with van der Waals surface area (Å²) in [6, 6.07) is 7.92. The average molecular weight is 306 g/mol. The third-order valence-electron chi connectivity index (χ3n) is 3.42. The van der Waals surface area contributed by atoms with Crippen molar-refractivity contribution < 1.29 is 13.6 Å². The summed E-state index contributed by atoms with van der Waals surface area (Å²) >= 11 is 1.11. The van der Waals surface area contributed by atoms with Crippen LogP contribution >= 0.6 is 11.8 Å². The van der Waals surface area contributed by atoms with Gasteiger partial charge in [0, 0.05) is 23.2 Å². The van der Waals surface area contributed by atoms with Crippen molar-refractivity contribution in [3.05, 3.63) is 53.6 Å². The molecule has 1 amide bonds. The van der Waals surface area contributed by atoms with Crippen molar-refractivity contribution in [2.24, 2.45) is 5.73 Å². The van der Waals surface area contributed by atoms with E-state index in [2.05, 4.69) is 0 Å². The Balaban J connectivity index is 1.95. The molecule has 0 bridgehead atoms. The molecular formula is C15H12F2N2OS. The lowest BCUT2D eigenvalue weighted by molar-refractivity contribution is -0.118. The van der Waals surface area contributed by atoms with Crippen LogP contribution in [-0.2, 0) is 4.79 Å². The molecule has 1 aliphatic rings. The molecule has 0 fully saturated rings. The van der Waals surface area contributed by atoms with Gasteiger partial charge in [0.1, 0.15) is 17.7 Å². The summed E-state index contributed by atoms with van der Waals surface area (Å²) in [5.74, 6) is -1.15. The molecule has 1 unspecified atom stereocenters. The number of carbonyl (C=O) groups excluding carboxylic acids is 1. The van der Waals surface area contributed by atoms with Crippen LogP contribution in [0.1, 0.15) is 11.6 Å². The Morgan fingerprint density at radius 1 is 1.19 bits per heavy atom. The van der Waals surface area contributed by atoms with Crippen LogP contribution in [0.4, 0.5) is 14.5 Å². The van der Waals surface area contributed by atoms with Crippen LogP contribution in [0.2, 0.25) is 0 Å². The molecule has 3 rings (SSSR count). The summed E-state index contributed by atoms with van der Waals surface area (Å²) in [5.41, 5.74) is 7.26. The molecular weight excluding hydrogens is 294 g/mol. The molecule has 0 spiro atoms. The van der Waals surface area contributed by atoms with Crippen LogP contribution < -0.4 is 10.6 Å². The van der Waals surface area contributed by atoms with Crippen molar-refractivity contribution in [2.45, 2.75) is 15.8 Å². The highest BCUT2D eigenvalue weighted by Gasteiger charge is 2.32. The molecule has 2 aromatic carbocycles. The Morgan fingerprint density at radius 2 is 1.95 bits per heavy atom. The number of nitrogens with two attached hydrogens (primary N) is 1. The number of carbonyl (C=O) groups is 1. The Labute approximate surface area is 124 Å². The van der Waals surface area contributed by atoms with E-state index in [4.69, 9.17) is 5.73 Å². The maximum Gasteiger partial charge on any atom is 0.248 e. The van der Waals surface area contributed by atoms with Gasteiger partial charge in [-0.1, -0.05) is 17.8 Å². The molecule has 1 aliphatic heterocycles. The topological polar surface area (TPSA) is 46.3 Å². The molecule has 108 valence electrons. The molecule has 3 nitrogen and oxygen atoms in total. The van der Waals surface area contributed by atoms with Crippen molar-refractivity contribution in [3.63, 3.8) is 0 Å². The van der Waals surface area contributed by atoms with Crippen LogP contribution in [0.5, 0.6) is 0 Å². The van der Waals surface area contributed by atoms with Gasteiger partial charge in [0.05, 0.1) is 4.90 Å². The van der Waals surface area contributed by atoms with Gasteiger partial charge in [-0.2, -0.15) is 0 Å². The number of halogens is 2. The lowest BCUT2D eigenvalue weighted by Crippen LogP contribution is -2.27. The average Bonchev–Trinajstić information content (AvgIpc) is 2.68.